The van der Waals surface area contributed by atoms with Crippen LogP contribution in [0.4, 0.5) is 0 Å². The Kier molecular flexibility index (Phi) is 4.76. The maximum Gasteiger partial charge on any atom is 0.320 e. The fourth-order valence-electron chi connectivity index (χ4n) is 3.03. The minimum atomic E-state index is -3.29. The number of carbonyl (C=O) groups excluding carboxylic acids is 1. The summed E-state index contributed by atoms with van der Waals surface area (Å²) in [5, 5.41) is 1.17. The standard InChI is InChI=1S/C18H17ClNO5P/c19-13-1-3-14(4-2-13)24-15-5-7-17(8-6-15)26(22)20-11-16(9-10-23-26)25-18(21)12-20/h1-8,16H,9-12H2. The molecular weight excluding hydrogens is 377 g/mol. The van der Waals surface area contributed by atoms with Crippen LogP contribution in [0.15, 0.2) is 48.5 Å². The minimum absolute atomic E-state index is 0.0309. The first kappa shape index (κ1) is 17.6. The largest absolute Gasteiger partial charge is 0.460 e. The molecule has 3 unspecified atom stereocenters. The minimum Gasteiger partial charge on any atom is -0.460 e. The Morgan fingerprint density at radius 2 is 1.73 bits per heavy atom. The lowest BCUT2D eigenvalue weighted by Crippen LogP contribution is -2.43. The van der Waals surface area contributed by atoms with Gasteiger partial charge >= 0.3 is 13.5 Å². The fourth-order valence-corrected chi connectivity index (χ4v) is 5.37. The highest BCUT2D eigenvalue weighted by molar-refractivity contribution is 7.64. The van der Waals surface area contributed by atoms with Gasteiger partial charge in [-0.25, -0.2) is 4.67 Å². The van der Waals surface area contributed by atoms with E-state index in [0.29, 0.717) is 34.8 Å². The summed E-state index contributed by atoms with van der Waals surface area (Å²) in [5.41, 5.74) is 0. The summed E-state index contributed by atoms with van der Waals surface area (Å²) in [5.74, 6) is 0.893. The van der Waals surface area contributed by atoms with E-state index in [2.05, 4.69) is 0 Å². The smallest absolute Gasteiger partial charge is 0.320 e. The molecule has 2 aromatic carbocycles. The molecule has 2 aliphatic rings. The summed E-state index contributed by atoms with van der Waals surface area (Å²) in [7, 11) is -3.29. The van der Waals surface area contributed by atoms with Crippen LogP contribution in [0.25, 0.3) is 0 Å². The van der Waals surface area contributed by atoms with Gasteiger partial charge in [-0.2, -0.15) is 0 Å². The van der Waals surface area contributed by atoms with Crippen molar-refractivity contribution in [3.8, 4) is 11.5 Å². The molecule has 2 heterocycles. The van der Waals surface area contributed by atoms with Crippen LogP contribution in [0.1, 0.15) is 6.42 Å². The van der Waals surface area contributed by atoms with Crippen LogP contribution in [0.3, 0.4) is 0 Å². The summed E-state index contributed by atoms with van der Waals surface area (Å²) < 4.78 is 31.8. The van der Waals surface area contributed by atoms with Crippen molar-refractivity contribution < 1.29 is 23.4 Å². The van der Waals surface area contributed by atoms with Crippen molar-refractivity contribution >= 4 is 30.4 Å². The van der Waals surface area contributed by atoms with E-state index in [1.807, 2.05) is 0 Å². The number of ether oxygens (including phenoxy) is 2. The second-order valence-corrected chi connectivity index (χ2v) is 8.97. The monoisotopic (exact) mass is 393 g/mol. The predicted molar refractivity (Wildman–Crippen MR) is 97.2 cm³/mol. The van der Waals surface area contributed by atoms with E-state index in [0.717, 1.165) is 0 Å². The third kappa shape index (κ3) is 3.51. The fraction of sp³-hybridized carbons (Fsp3) is 0.278. The molecule has 136 valence electrons. The van der Waals surface area contributed by atoms with Gasteiger partial charge in [0.2, 0.25) is 0 Å². The molecule has 0 N–H and O–H groups in total. The molecule has 0 saturated carbocycles. The summed E-state index contributed by atoms with van der Waals surface area (Å²) in [6.07, 6.45) is 0.281. The van der Waals surface area contributed by atoms with E-state index in [4.69, 9.17) is 25.6 Å². The number of morpholine rings is 1. The molecule has 2 aliphatic heterocycles. The van der Waals surface area contributed by atoms with Crippen molar-refractivity contribution in [3.05, 3.63) is 53.6 Å². The molecule has 2 saturated heterocycles. The van der Waals surface area contributed by atoms with Gasteiger partial charge in [-0.1, -0.05) is 11.6 Å². The number of fused-ring (bicyclic) bond motifs is 2. The molecule has 0 radical (unpaired) electrons. The quantitative estimate of drug-likeness (QED) is 0.586. The van der Waals surface area contributed by atoms with E-state index in [9.17, 15) is 9.36 Å². The van der Waals surface area contributed by atoms with Gasteiger partial charge in [0.25, 0.3) is 0 Å². The topological polar surface area (TPSA) is 65.1 Å². The van der Waals surface area contributed by atoms with E-state index in [1.165, 1.54) is 0 Å². The third-order valence-corrected chi connectivity index (χ3v) is 7.10. The molecule has 8 heteroatoms. The summed E-state index contributed by atoms with van der Waals surface area (Å²) in [6.45, 7) is 0.678. The van der Waals surface area contributed by atoms with Gasteiger partial charge in [0.05, 0.1) is 11.9 Å². The molecule has 0 aromatic heterocycles. The molecule has 0 amide bonds. The van der Waals surface area contributed by atoms with Crippen LogP contribution in [0.2, 0.25) is 5.02 Å². The molecule has 2 fully saturated rings. The van der Waals surface area contributed by atoms with Gasteiger partial charge in [-0.15, -0.1) is 0 Å². The van der Waals surface area contributed by atoms with Gasteiger partial charge in [0.1, 0.15) is 24.1 Å². The average molecular weight is 394 g/mol. The molecule has 0 spiro atoms. The van der Waals surface area contributed by atoms with Crippen LogP contribution >= 0.6 is 19.1 Å². The molecular formula is C18H17ClNO5P. The maximum absolute atomic E-state index is 13.5. The molecule has 26 heavy (non-hydrogen) atoms. The number of halogens is 1. The first-order chi connectivity index (χ1) is 12.5. The second kappa shape index (κ2) is 7.05. The predicted octanol–water partition coefficient (Wildman–Crippen LogP) is 3.60. The Morgan fingerprint density at radius 3 is 2.42 bits per heavy atom. The maximum atomic E-state index is 13.5. The highest BCUT2D eigenvalue weighted by Crippen LogP contribution is 2.52. The van der Waals surface area contributed by atoms with E-state index in [1.54, 1.807) is 53.2 Å². The number of esters is 1. The van der Waals surface area contributed by atoms with Gasteiger partial charge in [-0.05, 0) is 48.5 Å². The van der Waals surface area contributed by atoms with Crippen LogP contribution in [-0.4, -0.2) is 36.4 Å². The second-order valence-electron chi connectivity index (χ2n) is 6.15. The van der Waals surface area contributed by atoms with Gasteiger partial charge in [0.15, 0.2) is 0 Å². The van der Waals surface area contributed by atoms with Gasteiger partial charge in [-0.3, -0.25) is 9.36 Å². The molecule has 4 rings (SSSR count). The van der Waals surface area contributed by atoms with Gasteiger partial charge in [0, 0.05) is 18.0 Å². The molecule has 2 bridgehead atoms. The highest BCUT2D eigenvalue weighted by Gasteiger charge is 2.43. The summed E-state index contributed by atoms with van der Waals surface area (Å²) >= 11 is 5.86. The Bertz CT molecular complexity index is 855. The van der Waals surface area contributed by atoms with Crippen LogP contribution in [-0.2, 0) is 18.6 Å². The number of hydrogen-bond acceptors (Lipinski definition) is 5. The first-order valence-electron chi connectivity index (χ1n) is 8.26. The van der Waals surface area contributed by atoms with Crippen LogP contribution in [0, 0.1) is 0 Å². The Labute approximate surface area is 156 Å². The molecule has 3 atom stereocenters. The zero-order valence-electron chi connectivity index (χ0n) is 13.8. The highest BCUT2D eigenvalue weighted by atomic mass is 35.5. The van der Waals surface area contributed by atoms with Crippen molar-refractivity contribution in [2.75, 3.05) is 19.7 Å². The van der Waals surface area contributed by atoms with Crippen molar-refractivity contribution in [2.45, 2.75) is 12.5 Å². The summed E-state index contributed by atoms with van der Waals surface area (Å²) in [4.78, 5) is 11.8. The zero-order valence-corrected chi connectivity index (χ0v) is 15.5. The van der Waals surface area contributed by atoms with Crippen LogP contribution < -0.4 is 10.0 Å². The number of nitrogens with zero attached hydrogens (tertiary/aromatic N) is 1. The van der Waals surface area contributed by atoms with Crippen molar-refractivity contribution in [1.29, 1.82) is 0 Å². The van der Waals surface area contributed by atoms with E-state index < -0.39 is 7.52 Å². The third-order valence-electron chi connectivity index (χ3n) is 4.31. The zero-order chi connectivity index (χ0) is 18.1. The first-order valence-corrected chi connectivity index (χ1v) is 10.2. The number of rotatable bonds is 3. The Hall–Kier alpha value is -1.85. The Balaban J connectivity index is 1.56. The van der Waals surface area contributed by atoms with Crippen molar-refractivity contribution in [1.82, 2.24) is 4.67 Å². The average Bonchev–Trinajstić information content (AvgIpc) is 2.74. The lowest BCUT2D eigenvalue weighted by molar-refractivity contribution is -0.155. The normalized spacial score (nSPS) is 28.1. The molecule has 6 nitrogen and oxygen atoms in total. The van der Waals surface area contributed by atoms with Gasteiger partial charge < -0.3 is 14.0 Å². The van der Waals surface area contributed by atoms with Crippen molar-refractivity contribution in [3.63, 3.8) is 0 Å². The van der Waals surface area contributed by atoms with Crippen LogP contribution in [0.5, 0.6) is 11.5 Å². The van der Waals surface area contributed by atoms with E-state index >= 15 is 0 Å². The summed E-state index contributed by atoms with van der Waals surface area (Å²) in [6, 6.07) is 13.9. The molecule has 0 aliphatic carbocycles. The molecule has 2 aromatic rings. The van der Waals surface area contributed by atoms with Crippen molar-refractivity contribution in [2.24, 2.45) is 0 Å². The number of hydrogen-bond donors (Lipinski definition) is 0. The number of carbonyl (C=O) groups is 1. The SMILES string of the molecule is O=C1CN2CC(CCOP2(=O)c2ccc(Oc3ccc(Cl)cc3)cc2)O1. The number of benzene rings is 2. The lowest BCUT2D eigenvalue weighted by atomic mass is 10.2. The van der Waals surface area contributed by atoms with E-state index in [-0.39, 0.29) is 25.2 Å². The Morgan fingerprint density at radius 1 is 1.08 bits per heavy atom. The lowest BCUT2D eigenvalue weighted by Gasteiger charge is -2.33.